The van der Waals surface area contributed by atoms with Crippen molar-refractivity contribution in [2.75, 3.05) is 18.4 Å². The highest BCUT2D eigenvalue weighted by Crippen LogP contribution is 2.27. The second-order valence-corrected chi connectivity index (χ2v) is 8.41. The molecule has 0 spiro atoms. The first kappa shape index (κ1) is 19.8. The first-order valence-electron chi connectivity index (χ1n) is 10.7. The summed E-state index contributed by atoms with van der Waals surface area (Å²) in [6.45, 7) is 5.38. The molecule has 1 saturated heterocycles. The van der Waals surface area contributed by atoms with Crippen LogP contribution in [0.3, 0.4) is 0 Å². The molecule has 1 aliphatic heterocycles. The average Bonchev–Trinajstić information content (AvgIpc) is 2.95. The Bertz CT molecular complexity index is 1020. The van der Waals surface area contributed by atoms with Gasteiger partial charge < -0.3 is 5.32 Å². The first-order chi connectivity index (χ1) is 14.1. The van der Waals surface area contributed by atoms with Crippen molar-refractivity contribution in [2.45, 2.75) is 38.8 Å². The number of hydrogen-bond donors (Lipinski definition) is 1. The number of nitrogens with one attached hydrogen (secondary N) is 1. The topological polar surface area (TPSA) is 42.2 Å². The molecule has 3 aromatic rings. The largest absolute Gasteiger partial charge is 0.381 e. The zero-order valence-corrected chi connectivity index (χ0v) is 17.8. The Kier molecular flexibility index (Phi) is 5.76. The van der Waals surface area contributed by atoms with Gasteiger partial charge >= 0.3 is 5.69 Å². The fourth-order valence-corrected chi connectivity index (χ4v) is 4.75. The van der Waals surface area contributed by atoms with E-state index in [0.29, 0.717) is 12.0 Å². The fraction of sp³-hybridized carbons (Fsp3) is 0.458. The van der Waals surface area contributed by atoms with Gasteiger partial charge in [-0.1, -0.05) is 37.6 Å². The summed E-state index contributed by atoms with van der Waals surface area (Å²) in [5.41, 5.74) is 4.51. The molecule has 0 unspecified atom stereocenters. The van der Waals surface area contributed by atoms with Crippen LogP contribution in [0, 0.1) is 5.92 Å². The van der Waals surface area contributed by atoms with Gasteiger partial charge in [0.2, 0.25) is 0 Å². The van der Waals surface area contributed by atoms with Crippen molar-refractivity contribution in [1.82, 2.24) is 14.0 Å². The molecule has 0 amide bonds. The Hall–Kier alpha value is -2.53. The number of likely N-dealkylation sites (tertiary alicyclic amines) is 1. The quantitative estimate of drug-likeness (QED) is 0.690. The minimum atomic E-state index is 0.0321. The molecule has 2 aromatic carbocycles. The number of aryl methyl sites for hydroxylation is 2. The third-order valence-electron chi connectivity index (χ3n) is 6.37. The van der Waals surface area contributed by atoms with E-state index in [4.69, 9.17) is 0 Å². The van der Waals surface area contributed by atoms with Gasteiger partial charge in [0.15, 0.2) is 0 Å². The lowest BCUT2D eigenvalue weighted by Gasteiger charge is -2.39. The molecular formula is C24H32N4O. The van der Waals surface area contributed by atoms with Crippen molar-refractivity contribution in [2.24, 2.45) is 20.0 Å². The summed E-state index contributed by atoms with van der Waals surface area (Å²) in [6.07, 6.45) is 3.73. The molecule has 2 atom stereocenters. The zero-order chi connectivity index (χ0) is 20.4. The van der Waals surface area contributed by atoms with Gasteiger partial charge in [0.05, 0.1) is 11.0 Å². The van der Waals surface area contributed by atoms with E-state index in [1.165, 1.54) is 30.5 Å². The maximum atomic E-state index is 12.2. The Morgan fingerprint density at radius 1 is 1.03 bits per heavy atom. The second kappa shape index (κ2) is 8.46. The molecule has 5 nitrogen and oxygen atoms in total. The minimum Gasteiger partial charge on any atom is -0.381 e. The molecule has 1 aliphatic rings. The number of hydrogen-bond acceptors (Lipinski definition) is 3. The van der Waals surface area contributed by atoms with Crippen LogP contribution >= 0.6 is 0 Å². The van der Waals surface area contributed by atoms with E-state index in [1.807, 2.05) is 14.1 Å². The Balaban J connectivity index is 1.51. The third-order valence-corrected chi connectivity index (χ3v) is 6.37. The molecule has 0 radical (unpaired) electrons. The van der Waals surface area contributed by atoms with Crippen LogP contribution in [0.25, 0.3) is 11.0 Å². The number of para-hydroxylation sites is 1. The van der Waals surface area contributed by atoms with E-state index >= 15 is 0 Å². The number of imidazole rings is 1. The average molecular weight is 393 g/mol. The van der Waals surface area contributed by atoms with Crippen LogP contribution in [0.2, 0.25) is 0 Å². The van der Waals surface area contributed by atoms with Gasteiger partial charge in [-0.25, -0.2) is 4.79 Å². The second-order valence-electron chi connectivity index (χ2n) is 8.41. The number of anilines is 1. The van der Waals surface area contributed by atoms with Gasteiger partial charge in [0, 0.05) is 38.9 Å². The molecule has 2 heterocycles. The smallest absolute Gasteiger partial charge is 0.328 e. The van der Waals surface area contributed by atoms with E-state index in [1.54, 1.807) is 9.13 Å². The van der Waals surface area contributed by atoms with Gasteiger partial charge in [-0.2, -0.15) is 0 Å². The Morgan fingerprint density at radius 2 is 1.79 bits per heavy atom. The maximum Gasteiger partial charge on any atom is 0.328 e. The Morgan fingerprint density at radius 3 is 2.55 bits per heavy atom. The highest BCUT2D eigenvalue weighted by Gasteiger charge is 2.28. The van der Waals surface area contributed by atoms with Crippen LogP contribution < -0.4 is 11.0 Å². The van der Waals surface area contributed by atoms with Crippen LogP contribution in [-0.4, -0.2) is 33.2 Å². The molecule has 1 fully saturated rings. The van der Waals surface area contributed by atoms with Crippen LogP contribution in [0.1, 0.15) is 31.7 Å². The zero-order valence-electron chi connectivity index (χ0n) is 17.8. The Labute approximate surface area is 172 Å². The molecular weight excluding hydrogens is 360 g/mol. The minimum absolute atomic E-state index is 0.0321. The molecule has 1 aromatic heterocycles. The van der Waals surface area contributed by atoms with Gasteiger partial charge in [0.1, 0.15) is 0 Å². The number of rotatable bonds is 6. The lowest BCUT2D eigenvalue weighted by molar-refractivity contribution is 0.157. The highest BCUT2D eigenvalue weighted by molar-refractivity contribution is 5.76. The summed E-state index contributed by atoms with van der Waals surface area (Å²) in [4.78, 5) is 14.8. The normalized spacial score (nSPS) is 20.2. The molecule has 0 bridgehead atoms. The van der Waals surface area contributed by atoms with Crippen molar-refractivity contribution >= 4 is 16.7 Å². The number of nitrogens with zero attached hydrogens (tertiary/aromatic N) is 3. The SMILES string of the molecule is CCC[C@H]1CCN(Cc2ccc3c(c2)n(C)c(=O)n3C)C[C@H]1Nc1ccccc1. The van der Waals surface area contributed by atoms with E-state index in [-0.39, 0.29) is 5.69 Å². The molecule has 29 heavy (non-hydrogen) atoms. The van der Waals surface area contributed by atoms with Gasteiger partial charge in [-0.05, 0) is 55.1 Å². The van der Waals surface area contributed by atoms with Crippen LogP contribution in [-0.2, 0) is 20.6 Å². The van der Waals surface area contributed by atoms with Crippen molar-refractivity contribution in [1.29, 1.82) is 0 Å². The highest BCUT2D eigenvalue weighted by atomic mass is 16.1. The molecule has 154 valence electrons. The molecule has 1 N–H and O–H groups in total. The maximum absolute atomic E-state index is 12.2. The van der Waals surface area contributed by atoms with Crippen LogP contribution in [0.15, 0.2) is 53.3 Å². The van der Waals surface area contributed by atoms with Gasteiger partial charge in [-0.15, -0.1) is 0 Å². The third kappa shape index (κ3) is 4.10. The van der Waals surface area contributed by atoms with Crippen molar-refractivity contribution in [3.8, 4) is 0 Å². The van der Waals surface area contributed by atoms with Crippen molar-refractivity contribution in [3.63, 3.8) is 0 Å². The monoisotopic (exact) mass is 392 g/mol. The van der Waals surface area contributed by atoms with Crippen molar-refractivity contribution < 1.29 is 0 Å². The summed E-state index contributed by atoms with van der Waals surface area (Å²) in [7, 11) is 3.69. The standard InChI is InChI=1S/C24H32N4O/c1-4-8-19-13-14-28(17-21(19)25-20-9-6-5-7-10-20)16-18-11-12-22-23(15-18)27(3)24(29)26(22)2/h5-7,9-12,15,19,21,25H,4,8,13-14,16-17H2,1-3H3/t19-,21+/m0/s1. The van der Waals surface area contributed by atoms with E-state index in [2.05, 4.69) is 65.7 Å². The number of aromatic nitrogens is 2. The summed E-state index contributed by atoms with van der Waals surface area (Å²) in [6, 6.07) is 17.5. The van der Waals surface area contributed by atoms with E-state index in [0.717, 1.165) is 30.7 Å². The fourth-order valence-electron chi connectivity index (χ4n) is 4.75. The lowest BCUT2D eigenvalue weighted by atomic mass is 9.87. The molecule has 4 rings (SSSR count). The molecule has 5 heteroatoms. The predicted octanol–water partition coefficient (Wildman–Crippen LogP) is 3.98. The van der Waals surface area contributed by atoms with Crippen LogP contribution in [0.4, 0.5) is 5.69 Å². The first-order valence-corrected chi connectivity index (χ1v) is 10.7. The van der Waals surface area contributed by atoms with Gasteiger partial charge in [-0.3, -0.25) is 14.0 Å². The van der Waals surface area contributed by atoms with E-state index in [9.17, 15) is 4.79 Å². The predicted molar refractivity (Wildman–Crippen MR) is 120 cm³/mol. The number of fused-ring (bicyclic) bond motifs is 1. The molecule has 0 aliphatic carbocycles. The van der Waals surface area contributed by atoms with Crippen molar-refractivity contribution in [3.05, 3.63) is 64.6 Å². The summed E-state index contributed by atoms with van der Waals surface area (Å²) in [5, 5.41) is 3.79. The number of benzene rings is 2. The summed E-state index contributed by atoms with van der Waals surface area (Å²) < 4.78 is 3.46. The van der Waals surface area contributed by atoms with Gasteiger partial charge in [0.25, 0.3) is 0 Å². The summed E-state index contributed by atoms with van der Waals surface area (Å²) in [5.74, 6) is 0.717. The lowest BCUT2D eigenvalue weighted by Crippen LogP contribution is -2.47. The van der Waals surface area contributed by atoms with Crippen LogP contribution in [0.5, 0.6) is 0 Å². The molecule has 0 saturated carbocycles. The number of piperidine rings is 1. The summed E-state index contributed by atoms with van der Waals surface area (Å²) >= 11 is 0. The van der Waals surface area contributed by atoms with E-state index < -0.39 is 0 Å².